The second-order valence-electron chi connectivity index (χ2n) is 10.9. The van der Waals surface area contributed by atoms with E-state index in [0.717, 1.165) is 64.5 Å². The Labute approximate surface area is 174 Å². The third kappa shape index (κ3) is 3.03. The summed E-state index contributed by atoms with van der Waals surface area (Å²) in [6, 6.07) is 0. The maximum absolute atomic E-state index is 12.7. The van der Waals surface area contributed by atoms with E-state index in [0.29, 0.717) is 29.5 Å². The van der Waals surface area contributed by atoms with E-state index in [2.05, 4.69) is 30.7 Å². The summed E-state index contributed by atoms with van der Waals surface area (Å²) < 4.78 is 0. The Hall–Kier alpha value is -1.20. The molecule has 5 rings (SSSR count). The molecule has 3 saturated carbocycles. The number of hydrogen-bond donors (Lipinski definition) is 2. The van der Waals surface area contributed by atoms with Crippen LogP contribution in [-0.4, -0.2) is 31.3 Å². The van der Waals surface area contributed by atoms with E-state index < -0.39 is 0 Å². The van der Waals surface area contributed by atoms with Crippen LogP contribution in [0.4, 0.5) is 0 Å². The number of fused-ring (bicyclic) bond motifs is 5. The van der Waals surface area contributed by atoms with E-state index >= 15 is 0 Å². The fraction of sp³-hybridized carbons (Fsp3) is 0.833. The van der Waals surface area contributed by atoms with Gasteiger partial charge in [0.05, 0.1) is 6.10 Å². The molecule has 4 aliphatic carbocycles. The van der Waals surface area contributed by atoms with Crippen LogP contribution in [-0.2, 0) is 14.4 Å². The first-order valence-electron chi connectivity index (χ1n) is 11.8. The van der Waals surface area contributed by atoms with Crippen LogP contribution in [0.3, 0.4) is 0 Å². The molecule has 1 aliphatic heterocycles. The Kier molecular flexibility index (Phi) is 4.90. The van der Waals surface area contributed by atoms with Crippen LogP contribution in [0.25, 0.3) is 0 Å². The molecule has 160 valence electrons. The van der Waals surface area contributed by atoms with E-state index in [-0.39, 0.29) is 22.9 Å². The van der Waals surface area contributed by atoms with Gasteiger partial charge in [0, 0.05) is 30.0 Å². The molecular formula is C24H36N2O3. The molecule has 0 aromatic carbocycles. The van der Waals surface area contributed by atoms with Gasteiger partial charge < -0.3 is 10.1 Å². The monoisotopic (exact) mass is 400 g/mol. The standard InChI is InChI=1S/C24H36N2O3/c1-23-8-5-17(26-29-18-7-10-25-13-18)12-16(23)11-15(14-27)22-19-3-4-21(28)24(19,2)9-6-20(22)23/h12,14-16,18-20,22,25-26H,3-11,13H2,1-2H3/t15?,16?,18-,19+,20+,22+,23+,24+/m1/s1. The lowest BCUT2D eigenvalue weighted by Crippen LogP contribution is -2.56. The van der Waals surface area contributed by atoms with E-state index in [9.17, 15) is 9.59 Å². The molecule has 29 heavy (non-hydrogen) atoms. The summed E-state index contributed by atoms with van der Waals surface area (Å²) in [7, 11) is 0. The number of Topliss-reactive ketones (excluding diaryl/α,β-unsaturated/α-hetero) is 1. The van der Waals surface area contributed by atoms with Crippen LogP contribution in [0, 0.1) is 40.4 Å². The van der Waals surface area contributed by atoms with Crippen LogP contribution in [0.15, 0.2) is 11.8 Å². The molecule has 5 aliphatic rings. The lowest BCUT2D eigenvalue weighted by atomic mass is 9.44. The topological polar surface area (TPSA) is 67.4 Å². The van der Waals surface area contributed by atoms with Gasteiger partial charge >= 0.3 is 0 Å². The molecule has 1 heterocycles. The zero-order valence-corrected chi connectivity index (χ0v) is 17.9. The maximum atomic E-state index is 12.7. The second-order valence-corrected chi connectivity index (χ2v) is 10.9. The van der Waals surface area contributed by atoms with Gasteiger partial charge in [0.1, 0.15) is 12.1 Å². The number of ketones is 1. The maximum Gasteiger partial charge on any atom is 0.139 e. The van der Waals surface area contributed by atoms with E-state index in [1.54, 1.807) is 0 Å². The van der Waals surface area contributed by atoms with Crippen molar-refractivity contribution in [1.82, 2.24) is 10.8 Å². The first-order chi connectivity index (χ1) is 14.0. The summed E-state index contributed by atoms with van der Waals surface area (Å²) in [5.74, 6) is 2.31. The molecule has 0 aromatic heterocycles. The largest absolute Gasteiger partial charge is 0.314 e. The highest BCUT2D eigenvalue weighted by molar-refractivity contribution is 5.87. The van der Waals surface area contributed by atoms with Gasteiger partial charge in [0.25, 0.3) is 0 Å². The van der Waals surface area contributed by atoms with Gasteiger partial charge in [-0.15, -0.1) is 0 Å². The minimum absolute atomic E-state index is 0.0872. The van der Waals surface area contributed by atoms with Crippen molar-refractivity contribution in [3.05, 3.63) is 11.8 Å². The Bertz CT molecular complexity index is 715. The number of aldehydes is 1. The van der Waals surface area contributed by atoms with Crippen molar-refractivity contribution >= 4 is 12.1 Å². The highest BCUT2D eigenvalue weighted by Gasteiger charge is 2.62. The summed E-state index contributed by atoms with van der Waals surface area (Å²) >= 11 is 0. The molecule has 8 atom stereocenters. The van der Waals surface area contributed by atoms with E-state index in [4.69, 9.17) is 4.84 Å². The first-order valence-corrected chi connectivity index (χ1v) is 11.8. The molecule has 0 bridgehead atoms. The SMILES string of the molecule is C[C@]12CCC(NO[C@@H]3CCNC3)=CC1CC(C=O)[C@@H]1[C@@H]2CC[C@]2(C)C(=O)CC[C@@H]12. The van der Waals surface area contributed by atoms with Crippen molar-refractivity contribution in [2.75, 3.05) is 13.1 Å². The van der Waals surface area contributed by atoms with Gasteiger partial charge in [0.15, 0.2) is 0 Å². The summed E-state index contributed by atoms with van der Waals surface area (Å²) in [6.07, 6.45) is 11.8. The van der Waals surface area contributed by atoms with Crippen LogP contribution < -0.4 is 10.8 Å². The normalized spacial score (nSPS) is 49.0. The van der Waals surface area contributed by atoms with Crippen molar-refractivity contribution in [2.45, 2.75) is 71.3 Å². The van der Waals surface area contributed by atoms with Crippen LogP contribution in [0.1, 0.15) is 65.2 Å². The Morgan fingerprint density at radius 1 is 1.17 bits per heavy atom. The Morgan fingerprint density at radius 3 is 2.79 bits per heavy atom. The molecule has 4 fully saturated rings. The molecular weight excluding hydrogens is 364 g/mol. The third-order valence-corrected chi connectivity index (χ3v) is 9.64. The number of nitrogens with one attached hydrogen (secondary N) is 2. The van der Waals surface area contributed by atoms with Crippen molar-refractivity contribution in [1.29, 1.82) is 0 Å². The summed E-state index contributed by atoms with van der Waals surface area (Å²) in [5.41, 5.74) is 4.51. The van der Waals surface area contributed by atoms with Gasteiger partial charge in [-0.2, -0.15) is 0 Å². The molecule has 2 unspecified atom stereocenters. The molecule has 1 saturated heterocycles. The molecule has 0 spiro atoms. The third-order valence-electron chi connectivity index (χ3n) is 9.64. The summed E-state index contributed by atoms with van der Waals surface area (Å²) in [4.78, 5) is 30.8. The minimum Gasteiger partial charge on any atom is -0.314 e. The predicted molar refractivity (Wildman–Crippen MR) is 111 cm³/mol. The number of carbonyl (C=O) groups is 2. The van der Waals surface area contributed by atoms with Crippen molar-refractivity contribution < 1.29 is 14.4 Å². The lowest BCUT2D eigenvalue weighted by molar-refractivity contribution is -0.146. The minimum atomic E-state index is -0.175. The van der Waals surface area contributed by atoms with E-state index in [1.807, 2.05) is 0 Å². The molecule has 0 radical (unpaired) electrons. The van der Waals surface area contributed by atoms with E-state index in [1.165, 1.54) is 12.0 Å². The molecule has 5 nitrogen and oxygen atoms in total. The summed E-state index contributed by atoms with van der Waals surface area (Å²) in [6.45, 7) is 6.60. The smallest absolute Gasteiger partial charge is 0.139 e. The van der Waals surface area contributed by atoms with Gasteiger partial charge in [-0.1, -0.05) is 19.9 Å². The number of hydroxylamine groups is 1. The van der Waals surface area contributed by atoms with Gasteiger partial charge in [0.2, 0.25) is 0 Å². The van der Waals surface area contributed by atoms with Crippen molar-refractivity contribution in [2.24, 2.45) is 40.4 Å². The first kappa shape index (κ1) is 19.7. The molecule has 2 N–H and O–H groups in total. The van der Waals surface area contributed by atoms with Gasteiger partial charge in [-0.25, -0.2) is 0 Å². The molecule has 0 aromatic rings. The average Bonchev–Trinajstić information content (AvgIpc) is 3.34. The van der Waals surface area contributed by atoms with Gasteiger partial charge in [-0.3, -0.25) is 15.1 Å². The summed E-state index contributed by atoms with van der Waals surface area (Å²) in [5, 5.41) is 3.33. The van der Waals surface area contributed by atoms with Crippen molar-refractivity contribution in [3.63, 3.8) is 0 Å². The fourth-order valence-corrected chi connectivity index (χ4v) is 7.81. The van der Waals surface area contributed by atoms with Crippen molar-refractivity contribution in [3.8, 4) is 0 Å². The fourth-order valence-electron chi connectivity index (χ4n) is 7.81. The highest BCUT2D eigenvalue weighted by atomic mass is 16.7. The predicted octanol–water partition coefficient (Wildman–Crippen LogP) is 3.40. The number of allylic oxidation sites excluding steroid dienone is 2. The molecule has 5 heteroatoms. The number of hydrogen-bond acceptors (Lipinski definition) is 5. The average molecular weight is 401 g/mol. The Balaban J connectivity index is 1.37. The Morgan fingerprint density at radius 2 is 2.03 bits per heavy atom. The molecule has 0 amide bonds. The zero-order chi connectivity index (χ0) is 20.2. The zero-order valence-electron chi connectivity index (χ0n) is 17.9. The highest BCUT2D eigenvalue weighted by Crippen LogP contribution is 2.66. The second kappa shape index (κ2) is 7.19. The quantitative estimate of drug-likeness (QED) is 0.559. The van der Waals surface area contributed by atoms with Gasteiger partial charge in [-0.05, 0) is 80.6 Å². The van der Waals surface area contributed by atoms with Crippen LogP contribution in [0.5, 0.6) is 0 Å². The lowest BCUT2D eigenvalue weighted by Gasteiger charge is -2.60. The van der Waals surface area contributed by atoms with Crippen LogP contribution in [0.2, 0.25) is 0 Å². The van der Waals surface area contributed by atoms with Crippen LogP contribution >= 0.6 is 0 Å². The number of rotatable bonds is 4. The number of carbonyl (C=O) groups excluding carboxylic acids is 2.